The van der Waals surface area contributed by atoms with Crippen LogP contribution in [0.5, 0.6) is 0 Å². The van der Waals surface area contributed by atoms with E-state index in [9.17, 15) is 4.79 Å². The highest BCUT2D eigenvalue weighted by Gasteiger charge is 2.15. The average molecular weight is 177 g/mol. The van der Waals surface area contributed by atoms with Crippen LogP contribution in [0.4, 0.5) is 0 Å². The fourth-order valence-corrected chi connectivity index (χ4v) is 1.27. The number of fused-ring (bicyclic) bond motifs is 1. The number of aryl methyl sites for hydroxylation is 1. The number of aromatic carboxylic acids is 1. The van der Waals surface area contributed by atoms with Crippen molar-refractivity contribution in [2.45, 2.75) is 6.92 Å². The summed E-state index contributed by atoms with van der Waals surface area (Å²) in [5.41, 5.74) is 1.18. The number of carboxylic acids is 1. The molecule has 0 amide bonds. The van der Waals surface area contributed by atoms with Crippen LogP contribution in [0.25, 0.3) is 11.0 Å². The lowest BCUT2D eigenvalue weighted by Crippen LogP contribution is -1.95. The minimum Gasteiger partial charge on any atom is -0.475 e. The van der Waals surface area contributed by atoms with Gasteiger partial charge in [0.1, 0.15) is 5.58 Å². The molecule has 0 saturated heterocycles. The molecule has 4 heteroatoms. The Labute approximate surface area is 73.8 Å². The van der Waals surface area contributed by atoms with Crippen LogP contribution in [0.3, 0.4) is 0 Å². The van der Waals surface area contributed by atoms with E-state index in [4.69, 9.17) is 9.52 Å². The number of hydrogen-bond donors (Lipinski definition) is 1. The third-order valence-corrected chi connectivity index (χ3v) is 1.93. The van der Waals surface area contributed by atoms with Crippen LogP contribution in [0.1, 0.15) is 16.1 Å². The maximum absolute atomic E-state index is 10.7. The molecule has 13 heavy (non-hydrogen) atoms. The van der Waals surface area contributed by atoms with Gasteiger partial charge in [-0.2, -0.15) is 0 Å². The van der Waals surface area contributed by atoms with E-state index in [0.717, 1.165) is 5.39 Å². The summed E-state index contributed by atoms with van der Waals surface area (Å²) >= 11 is 0. The highest BCUT2D eigenvalue weighted by molar-refractivity contribution is 5.94. The summed E-state index contributed by atoms with van der Waals surface area (Å²) in [6, 6.07) is 1.65. The summed E-state index contributed by atoms with van der Waals surface area (Å²) < 4.78 is 5.12. The molecule has 0 aliphatic carbocycles. The van der Waals surface area contributed by atoms with Crippen LogP contribution >= 0.6 is 0 Å². The predicted octanol–water partition coefficient (Wildman–Crippen LogP) is 1.83. The number of rotatable bonds is 1. The second kappa shape index (κ2) is 2.58. The zero-order valence-corrected chi connectivity index (χ0v) is 6.94. The number of carboxylic acid groups (broad SMARTS) is 1. The van der Waals surface area contributed by atoms with E-state index in [-0.39, 0.29) is 5.76 Å². The van der Waals surface area contributed by atoms with Crippen molar-refractivity contribution in [3.05, 3.63) is 29.8 Å². The largest absolute Gasteiger partial charge is 0.475 e. The standard InChI is InChI=1S/C9H7NO3/c1-5-6-4-10-3-2-7(6)13-8(5)9(11)12/h2-4H,1H3,(H,11,12). The van der Waals surface area contributed by atoms with Gasteiger partial charge in [-0.05, 0) is 13.0 Å². The molecule has 0 fully saturated rings. The zero-order valence-electron chi connectivity index (χ0n) is 6.94. The average Bonchev–Trinajstić information content (AvgIpc) is 2.45. The van der Waals surface area contributed by atoms with Crippen LogP contribution in [0.15, 0.2) is 22.9 Å². The molecule has 2 aromatic rings. The van der Waals surface area contributed by atoms with E-state index in [0.29, 0.717) is 11.1 Å². The summed E-state index contributed by atoms with van der Waals surface area (Å²) in [5, 5.41) is 9.50. The number of nitrogens with zero attached hydrogens (tertiary/aromatic N) is 1. The summed E-state index contributed by atoms with van der Waals surface area (Å²) in [6.07, 6.45) is 3.16. The van der Waals surface area contributed by atoms with E-state index < -0.39 is 5.97 Å². The fourth-order valence-electron chi connectivity index (χ4n) is 1.27. The molecular formula is C9H7NO3. The number of hydrogen-bond acceptors (Lipinski definition) is 3. The molecule has 2 heterocycles. The van der Waals surface area contributed by atoms with Gasteiger partial charge in [0, 0.05) is 23.3 Å². The number of carbonyl (C=O) groups is 1. The molecule has 0 aliphatic heterocycles. The predicted molar refractivity (Wildman–Crippen MR) is 45.7 cm³/mol. The first-order valence-corrected chi connectivity index (χ1v) is 3.76. The molecule has 4 nitrogen and oxygen atoms in total. The van der Waals surface area contributed by atoms with Crippen molar-refractivity contribution in [3.8, 4) is 0 Å². The van der Waals surface area contributed by atoms with E-state index in [1.807, 2.05) is 0 Å². The minimum absolute atomic E-state index is 0.0111. The smallest absolute Gasteiger partial charge is 0.372 e. The van der Waals surface area contributed by atoms with Crippen molar-refractivity contribution < 1.29 is 14.3 Å². The van der Waals surface area contributed by atoms with Gasteiger partial charge in [0.2, 0.25) is 5.76 Å². The van der Waals surface area contributed by atoms with Gasteiger partial charge in [0.15, 0.2) is 0 Å². The Hall–Kier alpha value is -1.84. The van der Waals surface area contributed by atoms with Crippen molar-refractivity contribution in [2.75, 3.05) is 0 Å². The van der Waals surface area contributed by atoms with Gasteiger partial charge < -0.3 is 9.52 Å². The minimum atomic E-state index is -1.05. The second-order valence-electron chi connectivity index (χ2n) is 2.73. The Balaban J connectivity index is 2.81. The van der Waals surface area contributed by atoms with Gasteiger partial charge in [-0.15, -0.1) is 0 Å². The van der Waals surface area contributed by atoms with Crippen molar-refractivity contribution in [3.63, 3.8) is 0 Å². The maximum Gasteiger partial charge on any atom is 0.372 e. The summed E-state index contributed by atoms with van der Waals surface area (Å²) in [4.78, 5) is 14.6. The number of furan rings is 1. The lowest BCUT2D eigenvalue weighted by molar-refractivity contribution is 0.0664. The van der Waals surface area contributed by atoms with Crippen LogP contribution < -0.4 is 0 Å². The lowest BCUT2D eigenvalue weighted by Gasteiger charge is -1.86. The van der Waals surface area contributed by atoms with Gasteiger partial charge in [-0.1, -0.05) is 0 Å². The van der Waals surface area contributed by atoms with Crippen LogP contribution in [0.2, 0.25) is 0 Å². The Morgan fingerprint density at radius 3 is 3.00 bits per heavy atom. The van der Waals surface area contributed by atoms with Gasteiger partial charge >= 0.3 is 5.97 Å². The molecule has 1 N–H and O–H groups in total. The quantitative estimate of drug-likeness (QED) is 0.721. The first-order chi connectivity index (χ1) is 6.20. The molecular weight excluding hydrogens is 170 g/mol. The van der Waals surface area contributed by atoms with Gasteiger partial charge in [-0.25, -0.2) is 4.79 Å². The Morgan fingerprint density at radius 1 is 1.62 bits per heavy atom. The monoisotopic (exact) mass is 177 g/mol. The van der Waals surface area contributed by atoms with Gasteiger partial charge in [-0.3, -0.25) is 4.98 Å². The first-order valence-electron chi connectivity index (χ1n) is 3.76. The summed E-state index contributed by atoms with van der Waals surface area (Å²) in [5.74, 6) is -1.06. The van der Waals surface area contributed by atoms with Crippen molar-refractivity contribution in [1.29, 1.82) is 0 Å². The fraction of sp³-hybridized carbons (Fsp3) is 0.111. The van der Waals surface area contributed by atoms with Gasteiger partial charge in [0.05, 0.1) is 0 Å². The first kappa shape index (κ1) is 7.79. The van der Waals surface area contributed by atoms with Crippen LogP contribution in [-0.4, -0.2) is 16.1 Å². The molecule has 0 aromatic carbocycles. The van der Waals surface area contributed by atoms with Gasteiger partial charge in [0.25, 0.3) is 0 Å². The Morgan fingerprint density at radius 2 is 2.38 bits per heavy atom. The molecule has 0 bridgehead atoms. The van der Waals surface area contributed by atoms with E-state index in [2.05, 4.69) is 4.98 Å². The molecule has 0 spiro atoms. The normalized spacial score (nSPS) is 10.5. The highest BCUT2D eigenvalue weighted by atomic mass is 16.4. The summed E-state index contributed by atoms with van der Waals surface area (Å²) in [7, 11) is 0. The summed E-state index contributed by atoms with van der Waals surface area (Å²) in [6.45, 7) is 1.71. The zero-order chi connectivity index (χ0) is 9.42. The highest BCUT2D eigenvalue weighted by Crippen LogP contribution is 2.23. The molecule has 0 aliphatic rings. The maximum atomic E-state index is 10.7. The molecule has 0 radical (unpaired) electrons. The van der Waals surface area contributed by atoms with Crippen molar-refractivity contribution in [1.82, 2.24) is 4.98 Å². The molecule has 0 unspecified atom stereocenters. The third kappa shape index (κ3) is 1.07. The second-order valence-corrected chi connectivity index (χ2v) is 2.73. The van der Waals surface area contributed by atoms with E-state index in [1.54, 1.807) is 25.4 Å². The molecule has 2 aromatic heterocycles. The number of pyridine rings is 1. The van der Waals surface area contributed by atoms with Crippen molar-refractivity contribution in [2.24, 2.45) is 0 Å². The van der Waals surface area contributed by atoms with Crippen LogP contribution in [-0.2, 0) is 0 Å². The Kier molecular flexibility index (Phi) is 1.55. The third-order valence-electron chi connectivity index (χ3n) is 1.93. The molecule has 66 valence electrons. The molecule has 0 saturated carbocycles. The number of aromatic nitrogens is 1. The van der Waals surface area contributed by atoms with Crippen LogP contribution in [0, 0.1) is 6.92 Å². The SMILES string of the molecule is Cc1c(C(=O)O)oc2ccncc12. The Bertz CT molecular complexity index is 473. The topological polar surface area (TPSA) is 63.3 Å². The van der Waals surface area contributed by atoms with Crippen molar-refractivity contribution >= 4 is 16.9 Å². The molecule has 0 atom stereocenters. The van der Waals surface area contributed by atoms with E-state index in [1.165, 1.54) is 0 Å². The molecule has 2 rings (SSSR count). The lowest BCUT2D eigenvalue weighted by atomic mass is 10.2. The van der Waals surface area contributed by atoms with E-state index >= 15 is 0 Å².